The highest BCUT2D eigenvalue weighted by Crippen LogP contribution is 2.20. The first kappa shape index (κ1) is 21.5. The summed E-state index contributed by atoms with van der Waals surface area (Å²) in [6.07, 6.45) is 0.864. The minimum atomic E-state index is -3.75. The van der Waals surface area contributed by atoms with Crippen LogP contribution in [-0.4, -0.2) is 31.3 Å². The van der Waals surface area contributed by atoms with Crippen LogP contribution >= 0.6 is 27.3 Å². The summed E-state index contributed by atoms with van der Waals surface area (Å²) >= 11 is 4.86. The molecule has 0 aliphatic rings. The number of thiazole rings is 1. The minimum Gasteiger partial charge on any atom is -0.336 e. The van der Waals surface area contributed by atoms with Crippen LogP contribution in [0.25, 0.3) is 0 Å². The van der Waals surface area contributed by atoms with Crippen molar-refractivity contribution in [3.05, 3.63) is 74.6 Å². The van der Waals surface area contributed by atoms with Gasteiger partial charge in [0, 0.05) is 28.2 Å². The second-order valence-electron chi connectivity index (χ2n) is 6.39. The molecule has 152 valence electrons. The van der Waals surface area contributed by atoms with Gasteiger partial charge >= 0.3 is 0 Å². The molecule has 0 fully saturated rings. The maximum Gasteiger partial charge on any atom is 0.261 e. The van der Waals surface area contributed by atoms with Gasteiger partial charge in [0.1, 0.15) is 0 Å². The molecule has 0 bridgehead atoms. The second-order valence-corrected chi connectivity index (χ2v) is 9.93. The maximum absolute atomic E-state index is 12.8. The zero-order valence-corrected chi connectivity index (χ0v) is 19.1. The van der Waals surface area contributed by atoms with E-state index in [-0.39, 0.29) is 10.8 Å². The van der Waals surface area contributed by atoms with E-state index in [4.69, 9.17) is 0 Å². The molecule has 0 radical (unpaired) electrons. The van der Waals surface area contributed by atoms with Gasteiger partial charge in [-0.05, 0) is 48.9 Å². The van der Waals surface area contributed by atoms with E-state index >= 15 is 0 Å². The Bertz CT molecular complexity index is 1110. The first-order valence-electron chi connectivity index (χ1n) is 8.85. The molecule has 0 aliphatic heterocycles. The molecule has 1 amide bonds. The fourth-order valence-corrected chi connectivity index (χ4v) is 4.71. The molecule has 29 heavy (non-hydrogen) atoms. The van der Waals surface area contributed by atoms with Gasteiger partial charge in [-0.25, -0.2) is 13.4 Å². The Morgan fingerprint density at radius 1 is 1.21 bits per heavy atom. The standard InChI is InChI=1S/C20H20BrN3O3S2/c1-3-19-22-17(13-28-19)12-24(2)20(25)14-5-4-6-16(11-14)23-29(26,27)18-9-7-15(21)8-10-18/h4-11,13,23H,3,12H2,1-2H3. The molecule has 3 aromatic rings. The van der Waals surface area contributed by atoms with Crippen molar-refractivity contribution in [1.29, 1.82) is 0 Å². The highest BCUT2D eigenvalue weighted by Gasteiger charge is 2.17. The van der Waals surface area contributed by atoms with E-state index in [9.17, 15) is 13.2 Å². The zero-order chi connectivity index (χ0) is 21.0. The van der Waals surface area contributed by atoms with E-state index in [1.807, 2.05) is 12.3 Å². The topological polar surface area (TPSA) is 79.4 Å². The van der Waals surface area contributed by atoms with Crippen LogP contribution in [0.2, 0.25) is 0 Å². The Morgan fingerprint density at radius 2 is 1.93 bits per heavy atom. The predicted octanol–water partition coefficient (Wildman–Crippen LogP) is 4.54. The van der Waals surface area contributed by atoms with Crippen molar-refractivity contribution in [2.24, 2.45) is 0 Å². The van der Waals surface area contributed by atoms with E-state index in [1.165, 1.54) is 18.2 Å². The Balaban J connectivity index is 1.74. The van der Waals surface area contributed by atoms with Crippen LogP contribution in [0.4, 0.5) is 5.69 Å². The third-order valence-corrected chi connectivity index (χ3v) is 7.10. The molecule has 9 heteroatoms. The average Bonchev–Trinajstić information content (AvgIpc) is 3.15. The first-order valence-corrected chi connectivity index (χ1v) is 12.0. The Labute approximate surface area is 182 Å². The van der Waals surface area contributed by atoms with Crippen LogP contribution < -0.4 is 4.72 Å². The summed E-state index contributed by atoms with van der Waals surface area (Å²) in [6.45, 7) is 2.43. The maximum atomic E-state index is 12.8. The van der Waals surface area contributed by atoms with Gasteiger partial charge in [0.2, 0.25) is 0 Å². The summed E-state index contributed by atoms with van der Waals surface area (Å²) in [4.78, 5) is 19.0. The van der Waals surface area contributed by atoms with Crippen LogP contribution in [0, 0.1) is 0 Å². The number of amides is 1. The van der Waals surface area contributed by atoms with Gasteiger partial charge in [0.15, 0.2) is 0 Å². The number of sulfonamides is 1. The van der Waals surface area contributed by atoms with Crippen molar-refractivity contribution in [2.45, 2.75) is 24.8 Å². The van der Waals surface area contributed by atoms with Gasteiger partial charge < -0.3 is 4.90 Å². The predicted molar refractivity (Wildman–Crippen MR) is 119 cm³/mol. The van der Waals surface area contributed by atoms with E-state index in [2.05, 4.69) is 25.6 Å². The van der Waals surface area contributed by atoms with Crippen molar-refractivity contribution in [1.82, 2.24) is 9.88 Å². The lowest BCUT2D eigenvalue weighted by Crippen LogP contribution is -2.26. The van der Waals surface area contributed by atoms with Gasteiger partial charge in [-0.3, -0.25) is 9.52 Å². The Morgan fingerprint density at radius 3 is 2.59 bits per heavy atom. The fraction of sp³-hybridized carbons (Fsp3) is 0.200. The number of halogens is 1. The van der Waals surface area contributed by atoms with E-state index < -0.39 is 10.0 Å². The highest BCUT2D eigenvalue weighted by atomic mass is 79.9. The average molecular weight is 494 g/mol. The number of aromatic nitrogens is 1. The largest absolute Gasteiger partial charge is 0.336 e. The number of hydrogen-bond acceptors (Lipinski definition) is 5. The summed E-state index contributed by atoms with van der Waals surface area (Å²) < 4.78 is 28.5. The van der Waals surface area contributed by atoms with E-state index in [0.717, 1.165) is 21.6 Å². The van der Waals surface area contributed by atoms with Crippen LogP contribution in [-0.2, 0) is 23.0 Å². The Hall–Kier alpha value is -2.23. The molecule has 1 N–H and O–H groups in total. The molecule has 0 saturated carbocycles. The molecule has 1 aromatic heterocycles. The molecule has 3 rings (SSSR count). The molecule has 0 atom stereocenters. The van der Waals surface area contributed by atoms with Crippen LogP contribution in [0.1, 0.15) is 28.0 Å². The minimum absolute atomic E-state index is 0.143. The first-order chi connectivity index (χ1) is 13.8. The number of anilines is 1. The number of aryl methyl sites for hydroxylation is 1. The van der Waals surface area contributed by atoms with Gasteiger partial charge in [-0.15, -0.1) is 11.3 Å². The van der Waals surface area contributed by atoms with Crippen molar-refractivity contribution in [3.8, 4) is 0 Å². The van der Waals surface area contributed by atoms with Gasteiger partial charge in [0.05, 0.1) is 22.1 Å². The van der Waals surface area contributed by atoms with Crippen LogP contribution in [0.15, 0.2) is 63.3 Å². The molecule has 0 aliphatic carbocycles. The molecule has 0 spiro atoms. The SMILES string of the molecule is CCc1nc(CN(C)C(=O)c2cccc(NS(=O)(=O)c3ccc(Br)cc3)c2)cs1. The highest BCUT2D eigenvalue weighted by molar-refractivity contribution is 9.10. The molecule has 6 nitrogen and oxygen atoms in total. The number of nitrogens with zero attached hydrogens (tertiary/aromatic N) is 2. The number of hydrogen-bond donors (Lipinski definition) is 1. The van der Waals surface area contributed by atoms with E-state index in [0.29, 0.717) is 17.8 Å². The number of rotatable bonds is 7. The molecular weight excluding hydrogens is 474 g/mol. The molecule has 2 aromatic carbocycles. The Kier molecular flexibility index (Phi) is 6.71. The summed E-state index contributed by atoms with van der Waals surface area (Å²) in [5.41, 5.74) is 1.57. The van der Waals surface area contributed by atoms with Crippen molar-refractivity contribution in [2.75, 3.05) is 11.8 Å². The number of carbonyl (C=O) groups is 1. The van der Waals surface area contributed by atoms with Gasteiger partial charge in [0.25, 0.3) is 15.9 Å². The van der Waals surface area contributed by atoms with Crippen molar-refractivity contribution in [3.63, 3.8) is 0 Å². The summed E-state index contributed by atoms with van der Waals surface area (Å²) in [5, 5.41) is 2.98. The molecule has 1 heterocycles. The van der Waals surface area contributed by atoms with E-state index in [1.54, 1.807) is 53.6 Å². The lowest BCUT2D eigenvalue weighted by Gasteiger charge is -2.17. The summed E-state index contributed by atoms with van der Waals surface area (Å²) in [6, 6.07) is 12.8. The monoisotopic (exact) mass is 493 g/mol. The molecular formula is C20H20BrN3O3S2. The van der Waals surface area contributed by atoms with Crippen LogP contribution in [0.3, 0.4) is 0 Å². The smallest absolute Gasteiger partial charge is 0.261 e. The lowest BCUT2D eigenvalue weighted by atomic mass is 10.2. The molecule has 0 unspecified atom stereocenters. The molecule has 0 saturated heterocycles. The number of carbonyl (C=O) groups excluding carboxylic acids is 1. The third-order valence-electron chi connectivity index (χ3n) is 4.13. The zero-order valence-electron chi connectivity index (χ0n) is 15.9. The fourth-order valence-electron chi connectivity index (χ4n) is 2.66. The summed E-state index contributed by atoms with van der Waals surface area (Å²) in [7, 11) is -2.05. The summed E-state index contributed by atoms with van der Waals surface area (Å²) in [5.74, 6) is -0.208. The normalized spacial score (nSPS) is 11.3. The van der Waals surface area contributed by atoms with Crippen LogP contribution in [0.5, 0.6) is 0 Å². The third kappa shape index (κ3) is 5.43. The quantitative estimate of drug-likeness (QED) is 0.523. The van der Waals surface area contributed by atoms with Gasteiger partial charge in [-0.2, -0.15) is 0 Å². The van der Waals surface area contributed by atoms with Crippen molar-refractivity contribution < 1.29 is 13.2 Å². The number of benzene rings is 2. The second kappa shape index (κ2) is 9.06. The van der Waals surface area contributed by atoms with Crippen molar-refractivity contribution >= 4 is 48.9 Å². The van der Waals surface area contributed by atoms with Gasteiger partial charge in [-0.1, -0.05) is 28.9 Å². The lowest BCUT2D eigenvalue weighted by molar-refractivity contribution is 0.0783. The number of nitrogens with one attached hydrogen (secondary N) is 1.